The number of hydrogen-bond acceptors (Lipinski definition) is 3. The number of aryl methyl sites for hydroxylation is 1. The Kier molecular flexibility index (Phi) is 4.95. The highest BCUT2D eigenvalue weighted by atomic mass is 79.9. The molecule has 1 heterocycles. The predicted octanol–water partition coefficient (Wildman–Crippen LogP) is 3.02. The van der Waals surface area contributed by atoms with Crippen molar-refractivity contribution < 1.29 is 9.59 Å². The molecule has 25 heavy (non-hydrogen) atoms. The van der Waals surface area contributed by atoms with Crippen LogP contribution in [0.4, 0.5) is 0 Å². The molecule has 0 unspecified atom stereocenters. The summed E-state index contributed by atoms with van der Waals surface area (Å²) in [7, 11) is 0. The molecule has 0 spiro atoms. The Bertz CT molecular complexity index is 919. The molecule has 0 aliphatic heterocycles. The van der Waals surface area contributed by atoms with Gasteiger partial charge in [-0.2, -0.15) is 5.10 Å². The third-order valence-electron chi connectivity index (χ3n) is 3.61. The molecule has 0 saturated carbocycles. The van der Waals surface area contributed by atoms with E-state index in [1.54, 1.807) is 53.3 Å². The molecule has 0 saturated heterocycles. The van der Waals surface area contributed by atoms with Gasteiger partial charge in [-0.1, -0.05) is 12.1 Å². The lowest BCUT2D eigenvalue weighted by Crippen LogP contribution is -2.41. The van der Waals surface area contributed by atoms with E-state index in [0.717, 1.165) is 11.4 Å². The number of halogens is 1. The van der Waals surface area contributed by atoms with Crippen molar-refractivity contribution in [2.75, 3.05) is 0 Å². The van der Waals surface area contributed by atoms with Crippen molar-refractivity contribution >= 4 is 27.7 Å². The van der Waals surface area contributed by atoms with E-state index in [1.165, 1.54) is 0 Å². The number of benzene rings is 2. The van der Waals surface area contributed by atoms with Crippen LogP contribution in [0.2, 0.25) is 0 Å². The van der Waals surface area contributed by atoms with Crippen molar-refractivity contribution in [3.63, 3.8) is 0 Å². The molecular formula is C18H15BrN4O2. The summed E-state index contributed by atoms with van der Waals surface area (Å²) in [5.41, 5.74) is 7.54. The summed E-state index contributed by atoms with van der Waals surface area (Å²) >= 11 is 3.30. The van der Waals surface area contributed by atoms with Gasteiger partial charge in [0.2, 0.25) is 0 Å². The number of carbonyl (C=O) groups is 2. The zero-order valence-corrected chi connectivity index (χ0v) is 14.9. The SMILES string of the molecule is Cc1ccnn1-c1ccc(C(=O)NNC(=O)c2ccccc2Br)cc1. The van der Waals surface area contributed by atoms with Gasteiger partial charge in [-0.25, -0.2) is 4.68 Å². The molecule has 0 radical (unpaired) electrons. The molecule has 0 fully saturated rings. The first kappa shape index (κ1) is 16.9. The molecule has 0 atom stereocenters. The minimum Gasteiger partial charge on any atom is -0.267 e. The van der Waals surface area contributed by atoms with Crippen LogP contribution in [0.15, 0.2) is 65.3 Å². The third kappa shape index (κ3) is 3.77. The van der Waals surface area contributed by atoms with Gasteiger partial charge in [0.1, 0.15) is 0 Å². The molecule has 0 aliphatic carbocycles. The fraction of sp³-hybridized carbons (Fsp3) is 0.0556. The Balaban J connectivity index is 1.65. The van der Waals surface area contributed by atoms with Crippen LogP contribution in [0.5, 0.6) is 0 Å². The van der Waals surface area contributed by atoms with Crippen LogP contribution in [0.25, 0.3) is 5.69 Å². The van der Waals surface area contributed by atoms with Crippen LogP contribution >= 0.6 is 15.9 Å². The van der Waals surface area contributed by atoms with Crippen molar-refractivity contribution in [3.05, 3.63) is 82.1 Å². The van der Waals surface area contributed by atoms with Gasteiger partial charge in [-0.15, -0.1) is 0 Å². The van der Waals surface area contributed by atoms with Crippen LogP contribution in [-0.4, -0.2) is 21.6 Å². The van der Waals surface area contributed by atoms with E-state index in [1.807, 2.05) is 19.1 Å². The Hall–Kier alpha value is -2.93. The molecule has 3 aromatic rings. The number of hydrogen-bond donors (Lipinski definition) is 2. The Morgan fingerprint density at radius 1 is 0.960 bits per heavy atom. The van der Waals surface area contributed by atoms with Gasteiger partial charge in [0.25, 0.3) is 11.8 Å². The highest BCUT2D eigenvalue weighted by Crippen LogP contribution is 2.15. The standard InChI is InChI=1S/C18H15BrN4O2/c1-12-10-11-20-23(12)14-8-6-13(7-9-14)17(24)21-22-18(25)15-4-2-3-5-16(15)19/h2-11H,1H3,(H,21,24)(H,22,25). The van der Waals surface area contributed by atoms with Crippen molar-refractivity contribution in [2.45, 2.75) is 6.92 Å². The number of aromatic nitrogens is 2. The lowest BCUT2D eigenvalue weighted by molar-refractivity contribution is 0.0846. The maximum absolute atomic E-state index is 12.2. The molecule has 2 aromatic carbocycles. The van der Waals surface area contributed by atoms with Gasteiger partial charge in [0.15, 0.2) is 0 Å². The summed E-state index contributed by atoms with van der Waals surface area (Å²) in [6, 6.07) is 15.8. The van der Waals surface area contributed by atoms with Crippen molar-refractivity contribution in [3.8, 4) is 5.69 Å². The lowest BCUT2D eigenvalue weighted by atomic mass is 10.2. The molecule has 126 valence electrons. The molecule has 0 bridgehead atoms. The molecule has 3 rings (SSSR count). The van der Waals surface area contributed by atoms with Crippen molar-refractivity contribution in [2.24, 2.45) is 0 Å². The smallest absolute Gasteiger partial charge is 0.267 e. The second-order valence-corrected chi connectivity index (χ2v) is 6.17. The van der Waals surface area contributed by atoms with E-state index in [0.29, 0.717) is 15.6 Å². The highest BCUT2D eigenvalue weighted by molar-refractivity contribution is 9.10. The molecule has 1 aromatic heterocycles. The normalized spacial score (nSPS) is 10.3. The number of hydrazine groups is 1. The van der Waals surface area contributed by atoms with E-state index >= 15 is 0 Å². The van der Waals surface area contributed by atoms with E-state index in [9.17, 15) is 9.59 Å². The summed E-state index contributed by atoms with van der Waals surface area (Å²) < 4.78 is 2.43. The summed E-state index contributed by atoms with van der Waals surface area (Å²) in [6.45, 7) is 1.95. The van der Waals surface area contributed by atoms with Crippen LogP contribution in [0, 0.1) is 6.92 Å². The maximum Gasteiger partial charge on any atom is 0.270 e. The van der Waals surface area contributed by atoms with Crippen LogP contribution in [0.1, 0.15) is 26.4 Å². The quantitative estimate of drug-likeness (QED) is 0.665. The summed E-state index contributed by atoms with van der Waals surface area (Å²) in [5, 5.41) is 4.22. The average Bonchev–Trinajstić information content (AvgIpc) is 3.06. The number of amides is 2. The van der Waals surface area contributed by atoms with Gasteiger partial charge >= 0.3 is 0 Å². The first-order chi connectivity index (χ1) is 12.1. The van der Waals surface area contributed by atoms with E-state index in [-0.39, 0.29) is 0 Å². The summed E-state index contributed by atoms with van der Waals surface area (Å²) in [4.78, 5) is 24.3. The van der Waals surface area contributed by atoms with Gasteiger partial charge < -0.3 is 0 Å². The Morgan fingerprint density at radius 3 is 2.28 bits per heavy atom. The zero-order chi connectivity index (χ0) is 17.8. The fourth-order valence-electron chi connectivity index (χ4n) is 2.29. The second kappa shape index (κ2) is 7.31. The van der Waals surface area contributed by atoms with Gasteiger partial charge in [0.05, 0.1) is 11.3 Å². The number of rotatable bonds is 3. The predicted molar refractivity (Wildman–Crippen MR) is 97.4 cm³/mol. The van der Waals surface area contributed by atoms with Gasteiger partial charge in [0, 0.05) is 21.9 Å². The first-order valence-electron chi connectivity index (χ1n) is 7.52. The third-order valence-corrected chi connectivity index (χ3v) is 4.31. The fourth-order valence-corrected chi connectivity index (χ4v) is 2.76. The summed E-state index contributed by atoms with van der Waals surface area (Å²) in [5.74, 6) is -0.797. The maximum atomic E-state index is 12.2. The lowest BCUT2D eigenvalue weighted by Gasteiger charge is -2.09. The Morgan fingerprint density at radius 2 is 1.64 bits per heavy atom. The monoisotopic (exact) mass is 398 g/mol. The number of carbonyl (C=O) groups excluding carboxylic acids is 2. The molecular weight excluding hydrogens is 384 g/mol. The number of nitrogens with one attached hydrogen (secondary N) is 2. The first-order valence-corrected chi connectivity index (χ1v) is 8.32. The van der Waals surface area contributed by atoms with Crippen LogP contribution < -0.4 is 10.9 Å². The van der Waals surface area contributed by atoms with Crippen molar-refractivity contribution in [1.29, 1.82) is 0 Å². The van der Waals surface area contributed by atoms with Crippen LogP contribution in [-0.2, 0) is 0 Å². The minimum atomic E-state index is -0.399. The second-order valence-electron chi connectivity index (χ2n) is 5.32. The minimum absolute atomic E-state index is 0.399. The topological polar surface area (TPSA) is 76.0 Å². The van der Waals surface area contributed by atoms with E-state index in [4.69, 9.17) is 0 Å². The highest BCUT2D eigenvalue weighted by Gasteiger charge is 2.11. The van der Waals surface area contributed by atoms with Crippen molar-refractivity contribution in [1.82, 2.24) is 20.6 Å². The average molecular weight is 399 g/mol. The van der Waals surface area contributed by atoms with E-state index < -0.39 is 11.8 Å². The molecule has 7 heteroatoms. The molecule has 0 aliphatic rings. The van der Waals surface area contributed by atoms with Gasteiger partial charge in [-0.3, -0.25) is 20.4 Å². The van der Waals surface area contributed by atoms with Gasteiger partial charge in [-0.05, 0) is 65.3 Å². The summed E-state index contributed by atoms with van der Waals surface area (Å²) in [6.07, 6.45) is 1.72. The molecule has 2 N–H and O–H groups in total. The molecule has 6 nitrogen and oxygen atoms in total. The Labute approximate surface area is 153 Å². The largest absolute Gasteiger partial charge is 0.270 e. The number of nitrogens with zero attached hydrogens (tertiary/aromatic N) is 2. The van der Waals surface area contributed by atoms with Crippen LogP contribution in [0.3, 0.4) is 0 Å². The zero-order valence-electron chi connectivity index (χ0n) is 13.4. The van der Waals surface area contributed by atoms with E-state index in [2.05, 4.69) is 31.9 Å². The molecule has 2 amide bonds.